The quantitative estimate of drug-likeness (QED) is 0.849. The molecule has 0 aliphatic carbocycles. The Bertz CT molecular complexity index is 436. The summed E-state index contributed by atoms with van der Waals surface area (Å²) < 4.78 is 5.52. The van der Waals surface area contributed by atoms with E-state index in [1.54, 1.807) is 0 Å². The lowest BCUT2D eigenvalue weighted by atomic mass is 10.0. The number of ether oxygens (including phenoxy) is 1. The highest BCUT2D eigenvalue weighted by molar-refractivity contribution is 5.59. The highest BCUT2D eigenvalue weighted by Crippen LogP contribution is 2.22. The van der Waals surface area contributed by atoms with E-state index in [1.165, 1.54) is 5.56 Å². The smallest absolute Gasteiger partial charge is 0.101 e. The fourth-order valence-corrected chi connectivity index (χ4v) is 2.22. The first-order valence-electron chi connectivity index (χ1n) is 6.08. The van der Waals surface area contributed by atoms with Crippen molar-refractivity contribution in [1.82, 2.24) is 0 Å². The topological polar surface area (TPSA) is 45.0 Å². The fourth-order valence-electron chi connectivity index (χ4n) is 2.22. The van der Waals surface area contributed by atoms with Gasteiger partial charge in [0, 0.05) is 12.6 Å². The van der Waals surface area contributed by atoms with Gasteiger partial charge >= 0.3 is 0 Å². The van der Waals surface area contributed by atoms with Crippen LogP contribution in [0.15, 0.2) is 18.2 Å². The summed E-state index contributed by atoms with van der Waals surface area (Å²) in [5.74, 6) is 0. The molecule has 17 heavy (non-hydrogen) atoms. The Labute approximate surface area is 102 Å². The molecule has 0 saturated carbocycles. The maximum absolute atomic E-state index is 9.08. The van der Waals surface area contributed by atoms with Gasteiger partial charge in [-0.05, 0) is 44.4 Å². The number of nitrogens with one attached hydrogen (secondary N) is 1. The summed E-state index contributed by atoms with van der Waals surface area (Å²) in [6, 6.07) is 8.52. The van der Waals surface area contributed by atoms with E-state index in [0.717, 1.165) is 30.7 Å². The third kappa shape index (κ3) is 2.98. The van der Waals surface area contributed by atoms with Crippen LogP contribution in [-0.2, 0) is 4.74 Å². The van der Waals surface area contributed by atoms with E-state index in [-0.39, 0.29) is 0 Å². The third-order valence-corrected chi connectivity index (χ3v) is 3.14. The van der Waals surface area contributed by atoms with Gasteiger partial charge in [-0.2, -0.15) is 5.26 Å². The van der Waals surface area contributed by atoms with Crippen molar-refractivity contribution in [2.24, 2.45) is 0 Å². The van der Waals surface area contributed by atoms with Crippen molar-refractivity contribution >= 4 is 5.69 Å². The molecule has 2 atom stereocenters. The van der Waals surface area contributed by atoms with Gasteiger partial charge in [0.05, 0.1) is 17.4 Å². The molecule has 3 nitrogen and oxygen atoms in total. The minimum absolute atomic E-state index is 0.302. The predicted molar refractivity (Wildman–Crippen MR) is 68.0 cm³/mol. The first-order valence-corrected chi connectivity index (χ1v) is 6.08. The molecular weight excluding hydrogens is 212 g/mol. The molecule has 1 saturated heterocycles. The Kier molecular flexibility index (Phi) is 3.65. The maximum atomic E-state index is 9.08. The number of nitrogens with zero attached hydrogens (tertiary/aromatic N) is 1. The average molecular weight is 230 g/mol. The van der Waals surface area contributed by atoms with Crippen molar-refractivity contribution < 1.29 is 4.74 Å². The van der Waals surface area contributed by atoms with E-state index in [9.17, 15) is 0 Å². The fraction of sp³-hybridized carbons (Fsp3) is 0.500. The number of nitriles is 1. The highest BCUT2D eigenvalue weighted by Gasteiger charge is 2.19. The second-order valence-corrected chi connectivity index (χ2v) is 4.71. The first-order chi connectivity index (χ1) is 8.19. The average Bonchev–Trinajstić information content (AvgIpc) is 2.29. The molecule has 1 aliphatic heterocycles. The molecule has 2 rings (SSSR count). The molecule has 90 valence electrons. The molecule has 1 heterocycles. The van der Waals surface area contributed by atoms with Crippen LogP contribution in [-0.4, -0.2) is 18.8 Å². The van der Waals surface area contributed by atoms with E-state index in [0.29, 0.717) is 12.1 Å². The lowest BCUT2D eigenvalue weighted by Gasteiger charge is -2.29. The summed E-state index contributed by atoms with van der Waals surface area (Å²) in [5.41, 5.74) is 2.84. The summed E-state index contributed by atoms with van der Waals surface area (Å²) >= 11 is 0. The monoisotopic (exact) mass is 230 g/mol. The van der Waals surface area contributed by atoms with Gasteiger partial charge in [0.25, 0.3) is 0 Å². The molecule has 2 unspecified atom stereocenters. The van der Waals surface area contributed by atoms with Gasteiger partial charge in [-0.25, -0.2) is 0 Å². The Morgan fingerprint density at radius 2 is 2.29 bits per heavy atom. The van der Waals surface area contributed by atoms with E-state index >= 15 is 0 Å². The maximum Gasteiger partial charge on any atom is 0.101 e. The zero-order valence-corrected chi connectivity index (χ0v) is 10.4. The van der Waals surface area contributed by atoms with Gasteiger partial charge in [0.2, 0.25) is 0 Å². The van der Waals surface area contributed by atoms with E-state index < -0.39 is 0 Å². The Balaban J connectivity index is 2.12. The molecule has 3 heteroatoms. The van der Waals surface area contributed by atoms with Crippen LogP contribution in [0.2, 0.25) is 0 Å². The normalized spacial score (nSPS) is 24.1. The third-order valence-electron chi connectivity index (χ3n) is 3.14. The number of rotatable bonds is 2. The first kappa shape index (κ1) is 11.9. The molecule has 0 radical (unpaired) electrons. The van der Waals surface area contributed by atoms with E-state index in [2.05, 4.69) is 18.3 Å². The van der Waals surface area contributed by atoms with Crippen LogP contribution in [0.1, 0.15) is 30.9 Å². The van der Waals surface area contributed by atoms with Crippen molar-refractivity contribution in [3.05, 3.63) is 29.3 Å². The Morgan fingerprint density at radius 3 is 3.00 bits per heavy atom. The number of hydrogen-bond acceptors (Lipinski definition) is 3. The Hall–Kier alpha value is -1.53. The zero-order chi connectivity index (χ0) is 12.3. The van der Waals surface area contributed by atoms with Gasteiger partial charge < -0.3 is 10.1 Å². The van der Waals surface area contributed by atoms with Crippen LogP contribution in [0.25, 0.3) is 0 Å². The number of benzene rings is 1. The van der Waals surface area contributed by atoms with Crippen molar-refractivity contribution in [3.63, 3.8) is 0 Å². The number of aryl methyl sites for hydroxylation is 1. The van der Waals surface area contributed by atoms with E-state index in [4.69, 9.17) is 10.00 Å². The largest absolute Gasteiger partial charge is 0.381 e. The predicted octanol–water partition coefficient (Wildman–Crippen LogP) is 2.85. The van der Waals surface area contributed by atoms with Crippen LogP contribution < -0.4 is 5.32 Å². The van der Waals surface area contributed by atoms with Crippen molar-refractivity contribution in [1.29, 1.82) is 5.26 Å². The van der Waals surface area contributed by atoms with Gasteiger partial charge in [0.15, 0.2) is 0 Å². The van der Waals surface area contributed by atoms with Crippen molar-refractivity contribution in [3.8, 4) is 6.07 Å². The Morgan fingerprint density at radius 1 is 1.47 bits per heavy atom. The van der Waals surface area contributed by atoms with Crippen molar-refractivity contribution in [2.75, 3.05) is 11.9 Å². The molecule has 0 aromatic heterocycles. The molecule has 0 bridgehead atoms. The lowest BCUT2D eigenvalue weighted by Crippen LogP contribution is -2.32. The molecule has 1 aromatic carbocycles. The summed E-state index contributed by atoms with van der Waals surface area (Å²) in [6.07, 6.45) is 2.30. The van der Waals surface area contributed by atoms with Crippen LogP contribution in [0.4, 0.5) is 5.69 Å². The summed E-state index contributed by atoms with van der Waals surface area (Å²) in [4.78, 5) is 0. The molecule has 0 spiro atoms. The minimum Gasteiger partial charge on any atom is -0.381 e. The molecule has 1 aliphatic rings. The molecule has 1 fully saturated rings. The zero-order valence-electron chi connectivity index (χ0n) is 10.4. The van der Waals surface area contributed by atoms with Crippen LogP contribution in [0, 0.1) is 18.3 Å². The SMILES string of the molecule is Cc1ccc(C#N)c(NC2CCOC(C)C2)c1. The highest BCUT2D eigenvalue weighted by atomic mass is 16.5. The molecule has 0 amide bonds. The summed E-state index contributed by atoms with van der Waals surface area (Å²) in [7, 11) is 0. The van der Waals surface area contributed by atoms with Gasteiger partial charge in [-0.15, -0.1) is 0 Å². The van der Waals surface area contributed by atoms with Crippen LogP contribution in [0.3, 0.4) is 0 Å². The van der Waals surface area contributed by atoms with Crippen molar-refractivity contribution in [2.45, 2.75) is 38.8 Å². The minimum atomic E-state index is 0.302. The van der Waals surface area contributed by atoms with Gasteiger partial charge in [0.1, 0.15) is 6.07 Å². The molecule has 1 aromatic rings. The number of anilines is 1. The lowest BCUT2D eigenvalue weighted by molar-refractivity contribution is 0.0232. The number of hydrogen-bond donors (Lipinski definition) is 1. The standard InChI is InChI=1S/C14H18N2O/c1-10-3-4-12(9-15)14(7-10)16-13-5-6-17-11(2)8-13/h3-4,7,11,13,16H,5-6,8H2,1-2H3. The van der Waals surface area contributed by atoms with E-state index in [1.807, 2.05) is 25.1 Å². The summed E-state index contributed by atoms with van der Waals surface area (Å²) in [5, 5.41) is 12.5. The van der Waals surface area contributed by atoms with Gasteiger partial charge in [-0.3, -0.25) is 0 Å². The molecular formula is C14H18N2O. The summed E-state index contributed by atoms with van der Waals surface area (Å²) in [6.45, 7) is 4.93. The van der Waals surface area contributed by atoms with Crippen LogP contribution >= 0.6 is 0 Å². The van der Waals surface area contributed by atoms with Crippen LogP contribution in [0.5, 0.6) is 0 Å². The second kappa shape index (κ2) is 5.20. The second-order valence-electron chi connectivity index (χ2n) is 4.71. The molecule has 1 N–H and O–H groups in total. The van der Waals surface area contributed by atoms with Gasteiger partial charge in [-0.1, -0.05) is 6.07 Å².